The zero-order valence-corrected chi connectivity index (χ0v) is 12.3. The Morgan fingerprint density at radius 3 is 3.05 bits per heavy atom. The van der Waals surface area contributed by atoms with Crippen molar-refractivity contribution in [2.24, 2.45) is 0 Å². The Morgan fingerprint density at radius 1 is 1.55 bits per heavy atom. The summed E-state index contributed by atoms with van der Waals surface area (Å²) in [6.45, 7) is 3.56. The molecule has 1 N–H and O–H groups in total. The van der Waals surface area contributed by atoms with Crippen LogP contribution in [0.15, 0.2) is 12.4 Å². The summed E-state index contributed by atoms with van der Waals surface area (Å²) in [7, 11) is 4.27. The third-order valence-corrected chi connectivity index (χ3v) is 3.86. The molecule has 2 heterocycles. The van der Waals surface area contributed by atoms with E-state index in [0.29, 0.717) is 12.6 Å². The second-order valence-corrected chi connectivity index (χ2v) is 5.75. The van der Waals surface area contributed by atoms with E-state index in [1.165, 1.54) is 12.8 Å². The minimum Gasteiger partial charge on any atom is -0.481 e. The van der Waals surface area contributed by atoms with Gasteiger partial charge in [0.05, 0.1) is 19.2 Å². The molecule has 1 aromatic heterocycles. The van der Waals surface area contributed by atoms with Gasteiger partial charge < -0.3 is 10.0 Å². The number of nitrogens with zero attached hydrogens (tertiary/aromatic N) is 4. The van der Waals surface area contributed by atoms with Crippen molar-refractivity contribution >= 4 is 5.97 Å². The van der Waals surface area contributed by atoms with Gasteiger partial charge in [0, 0.05) is 30.9 Å². The smallest absolute Gasteiger partial charge is 0.305 e. The van der Waals surface area contributed by atoms with Crippen molar-refractivity contribution < 1.29 is 9.90 Å². The average molecular weight is 280 g/mol. The Kier molecular flexibility index (Phi) is 5.14. The van der Waals surface area contributed by atoms with Crippen LogP contribution < -0.4 is 0 Å². The van der Waals surface area contributed by atoms with Crippen LogP contribution in [0, 0.1) is 0 Å². The predicted molar refractivity (Wildman–Crippen MR) is 76.5 cm³/mol. The van der Waals surface area contributed by atoms with Crippen LogP contribution in [0.25, 0.3) is 0 Å². The van der Waals surface area contributed by atoms with Crippen LogP contribution >= 0.6 is 0 Å². The lowest BCUT2D eigenvalue weighted by molar-refractivity contribution is -0.137. The van der Waals surface area contributed by atoms with Crippen LogP contribution in [0.3, 0.4) is 0 Å². The topological polar surface area (TPSA) is 61.6 Å². The Morgan fingerprint density at radius 2 is 2.35 bits per heavy atom. The molecule has 1 saturated heterocycles. The van der Waals surface area contributed by atoms with Gasteiger partial charge in [-0.3, -0.25) is 14.4 Å². The third kappa shape index (κ3) is 4.31. The lowest BCUT2D eigenvalue weighted by Crippen LogP contribution is -2.44. The summed E-state index contributed by atoms with van der Waals surface area (Å²) in [4.78, 5) is 15.3. The molecule has 0 unspecified atom stereocenters. The fourth-order valence-corrected chi connectivity index (χ4v) is 2.67. The normalized spacial score (nSPS) is 20.4. The van der Waals surface area contributed by atoms with Gasteiger partial charge in [-0.05, 0) is 33.5 Å². The first-order chi connectivity index (χ1) is 9.54. The van der Waals surface area contributed by atoms with Crippen LogP contribution in [-0.4, -0.2) is 63.9 Å². The van der Waals surface area contributed by atoms with Gasteiger partial charge in [0.25, 0.3) is 0 Å². The van der Waals surface area contributed by atoms with Crippen LogP contribution in [0.5, 0.6) is 0 Å². The Labute approximate surface area is 120 Å². The Hall–Kier alpha value is -1.40. The third-order valence-electron chi connectivity index (χ3n) is 3.86. The number of carboxylic acid groups (broad SMARTS) is 1. The Balaban J connectivity index is 1.85. The number of aliphatic carboxylic acids is 1. The largest absolute Gasteiger partial charge is 0.481 e. The number of carbonyl (C=O) groups is 1. The van der Waals surface area contributed by atoms with E-state index >= 15 is 0 Å². The summed E-state index contributed by atoms with van der Waals surface area (Å²) in [5.41, 5.74) is 1.16. The van der Waals surface area contributed by atoms with Crippen LogP contribution in [0.4, 0.5) is 0 Å². The minimum absolute atomic E-state index is 0.119. The molecule has 1 fully saturated rings. The minimum atomic E-state index is -0.785. The number of hydrogen-bond acceptors (Lipinski definition) is 4. The van der Waals surface area contributed by atoms with Crippen molar-refractivity contribution in [1.29, 1.82) is 0 Å². The predicted octanol–water partition coefficient (Wildman–Crippen LogP) is 0.884. The highest BCUT2D eigenvalue weighted by atomic mass is 16.4. The van der Waals surface area contributed by atoms with Crippen molar-refractivity contribution in [1.82, 2.24) is 19.6 Å². The number of hydrogen-bond donors (Lipinski definition) is 1. The maximum atomic E-state index is 10.5. The molecule has 6 heteroatoms. The van der Waals surface area contributed by atoms with Crippen molar-refractivity contribution in [2.75, 3.05) is 27.2 Å². The number of likely N-dealkylation sites (tertiary alicyclic amines) is 1. The molecular formula is C14H24N4O2. The first-order valence-corrected chi connectivity index (χ1v) is 7.16. The molecule has 1 aliphatic rings. The summed E-state index contributed by atoms with van der Waals surface area (Å²) < 4.78 is 1.72. The molecule has 1 atom stereocenters. The number of aromatic nitrogens is 2. The van der Waals surface area contributed by atoms with E-state index in [1.807, 2.05) is 12.4 Å². The quantitative estimate of drug-likeness (QED) is 0.838. The standard InChI is InChI=1S/C14H24N4O2/c1-16(2)13-4-3-6-17(11-13)9-12-8-15-18(10-12)7-5-14(19)20/h8,10,13H,3-7,9,11H2,1-2H3,(H,19,20)/t13-/m1/s1. The molecule has 0 amide bonds. The fourth-order valence-electron chi connectivity index (χ4n) is 2.67. The highest BCUT2D eigenvalue weighted by molar-refractivity contribution is 5.66. The number of likely N-dealkylation sites (N-methyl/N-ethyl adjacent to an activating group) is 1. The maximum absolute atomic E-state index is 10.5. The lowest BCUT2D eigenvalue weighted by atomic mass is 10.0. The van der Waals surface area contributed by atoms with Gasteiger partial charge in [-0.15, -0.1) is 0 Å². The van der Waals surface area contributed by atoms with Crippen LogP contribution in [0.2, 0.25) is 0 Å². The second kappa shape index (κ2) is 6.85. The van der Waals surface area contributed by atoms with Crippen molar-refractivity contribution in [2.45, 2.75) is 38.4 Å². The van der Waals surface area contributed by atoms with E-state index in [9.17, 15) is 4.79 Å². The number of rotatable bonds is 6. The van der Waals surface area contributed by atoms with Crippen molar-refractivity contribution in [3.05, 3.63) is 18.0 Å². The zero-order chi connectivity index (χ0) is 14.5. The molecule has 0 bridgehead atoms. The van der Waals surface area contributed by atoms with E-state index in [-0.39, 0.29) is 6.42 Å². The van der Waals surface area contributed by atoms with Gasteiger partial charge in [0.1, 0.15) is 0 Å². The molecule has 0 aliphatic carbocycles. The molecule has 6 nitrogen and oxygen atoms in total. The lowest BCUT2D eigenvalue weighted by Gasteiger charge is -2.35. The van der Waals surface area contributed by atoms with Crippen LogP contribution in [-0.2, 0) is 17.9 Å². The van der Waals surface area contributed by atoms with E-state index < -0.39 is 5.97 Å². The average Bonchev–Trinajstić information content (AvgIpc) is 2.84. The van der Waals surface area contributed by atoms with E-state index in [2.05, 4.69) is 29.0 Å². The van der Waals surface area contributed by atoms with Gasteiger partial charge >= 0.3 is 5.97 Å². The van der Waals surface area contributed by atoms with Gasteiger partial charge in [-0.1, -0.05) is 0 Å². The molecule has 0 saturated carbocycles. The molecule has 0 radical (unpaired) electrons. The molecule has 1 aromatic rings. The highest BCUT2D eigenvalue weighted by Crippen LogP contribution is 2.16. The molecule has 1 aliphatic heterocycles. The first-order valence-electron chi connectivity index (χ1n) is 7.16. The van der Waals surface area contributed by atoms with E-state index in [1.54, 1.807) is 4.68 Å². The number of piperidine rings is 1. The van der Waals surface area contributed by atoms with Gasteiger partial charge in [0.15, 0.2) is 0 Å². The van der Waals surface area contributed by atoms with Gasteiger partial charge in [-0.25, -0.2) is 0 Å². The maximum Gasteiger partial charge on any atom is 0.305 e. The molecular weight excluding hydrogens is 256 g/mol. The fraction of sp³-hybridized carbons (Fsp3) is 0.714. The second-order valence-electron chi connectivity index (χ2n) is 5.75. The van der Waals surface area contributed by atoms with Crippen molar-refractivity contribution in [3.63, 3.8) is 0 Å². The van der Waals surface area contributed by atoms with Crippen molar-refractivity contribution in [3.8, 4) is 0 Å². The highest BCUT2D eigenvalue weighted by Gasteiger charge is 2.21. The Bertz CT molecular complexity index is 444. The molecule has 20 heavy (non-hydrogen) atoms. The van der Waals surface area contributed by atoms with E-state index in [4.69, 9.17) is 5.11 Å². The summed E-state index contributed by atoms with van der Waals surface area (Å²) in [6.07, 6.45) is 6.42. The molecule has 0 aromatic carbocycles. The zero-order valence-electron chi connectivity index (χ0n) is 12.3. The first kappa shape index (κ1) is 15.0. The SMILES string of the molecule is CN(C)[C@@H]1CCCN(Cc2cnn(CCC(=O)O)c2)C1. The van der Waals surface area contributed by atoms with Gasteiger partial charge in [0.2, 0.25) is 0 Å². The van der Waals surface area contributed by atoms with Crippen LogP contribution in [0.1, 0.15) is 24.8 Å². The van der Waals surface area contributed by atoms with Gasteiger partial charge in [-0.2, -0.15) is 5.10 Å². The molecule has 112 valence electrons. The summed E-state index contributed by atoms with van der Waals surface area (Å²) in [5, 5.41) is 12.9. The summed E-state index contributed by atoms with van der Waals surface area (Å²) >= 11 is 0. The van der Waals surface area contributed by atoms with E-state index in [0.717, 1.165) is 25.2 Å². The molecule has 2 rings (SSSR count). The number of aryl methyl sites for hydroxylation is 1. The molecule has 0 spiro atoms. The summed E-state index contributed by atoms with van der Waals surface area (Å²) in [5.74, 6) is -0.785. The summed E-state index contributed by atoms with van der Waals surface area (Å²) in [6, 6.07) is 0.630. The monoisotopic (exact) mass is 280 g/mol. The number of carboxylic acids is 1.